The van der Waals surface area contributed by atoms with Crippen molar-refractivity contribution in [2.24, 2.45) is 0 Å². The van der Waals surface area contributed by atoms with Crippen molar-refractivity contribution in [3.05, 3.63) is 0 Å². The van der Waals surface area contributed by atoms with Gasteiger partial charge in [-0.3, -0.25) is 0 Å². The minimum absolute atomic E-state index is 0.000602. The maximum absolute atomic E-state index is 9.81. The first-order valence-electron chi connectivity index (χ1n) is 5.70. The van der Waals surface area contributed by atoms with E-state index in [1.807, 2.05) is 0 Å². The van der Waals surface area contributed by atoms with Crippen LogP contribution in [-0.4, -0.2) is 21.7 Å². The van der Waals surface area contributed by atoms with E-state index in [0.717, 1.165) is 11.7 Å². The summed E-state index contributed by atoms with van der Waals surface area (Å²) in [5, 5.41) is 11.2. The first kappa shape index (κ1) is 9.85. The van der Waals surface area contributed by atoms with Crippen molar-refractivity contribution in [3.8, 4) is 0 Å². The van der Waals surface area contributed by atoms with Gasteiger partial charge >= 0.3 is 0 Å². The molecule has 0 aromatic heterocycles. The summed E-state index contributed by atoms with van der Waals surface area (Å²) in [5.41, 5.74) is 0. The van der Waals surface area contributed by atoms with Crippen molar-refractivity contribution < 1.29 is 5.11 Å². The van der Waals surface area contributed by atoms with E-state index in [-0.39, 0.29) is 6.10 Å². The molecule has 2 fully saturated rings. The molecule has 2 aliphatic rings. The van der Waals surface area contributed by atoms with Gasteiger partial charge in [0.2, 0.25) is 0 Å². The van der Waals surface area contributed by atoms with Gasteiger partial charge < -0.3 is 5.11 Å². The van der Waals surface area contributed by atoms with Crippen LogP contribution in [0.15, 0.2) is 0 Å². The van der Waals surface area contributed by atoms with Gasteiger partial charge in [0.25, 0.3) is 0 Å². The van der Waals surface area contributed by atoms with Crippen molar-refractivity contribution in [2.45, 2.75) is 68.0 Å². The summed E-state index contributed by atoms with van der Waals surface area (Å²) in [6.07, 6.45) is 10.5. The molecule has 1 nitrogen and oxygen atoms in total. The smallest absolute Gasteiger partial charge is 0.0658 e. The fourth-order valence-corrected chi connectivity index (χ4v) is 4.23. The number of thioether (sulfide) groups is 1. The Morgan fingerprint density at radius 1 is 0.846 bits per heavy atom. The van der Waals surface area contributed by atoms with E-state index < -0.39 is 0 Å². The second kappa shape index (κ2) is 4.70. The minimum Gasteiger partial charge on any atom is -0.392 e. The largest absolute Gasteiger partial charge is 0.392 e. The van der Waals surface area contributed by atoms with Gasteiger partial charge in [-0.05, 0) is 25.7 Å². The first-order valence-corrected chi connectivity index (χ1v) is 6.64. The Hall–Kier alpha value is 0.310. The predicted octanol–water partition coefficient (Wildman–Crippen LogP) is 2.97. The topological polar surface area (TPSA) is 20.2 Å². The van der Waals surface area contributed by atoms with E-state index in [1.165, 1.54) is 44.9 Å². The molecule has 0 unspecified atom stereocenters. The Kier molecular flexibility index (Phi) is 3.56. The van der Waals surface area contributed by atoms with Crippen LogP contribution in [0, 0.1) is 0 Å². The average molecular weight is 200 g/mol. The normalized spacial score (nSPS) is 36.7. The SMILES string of the molecule is O[C@H]1CCCC[C@@H]1SC1CCCC1. The summed E-state index contributed by atoms with van der Waals surface area (Å²) >= 11 is 2.09. The van der Waals surface area contributed by atoms with Crippen LogP contribution in [0.1, 0.15) is 51.4 Å². The van der Waals surface area contributed by atoms with E-state index in [4.69, 9.17) is 0 Å². The Bertz CT molecular complexity index is 154. The van der Waals surface area contributed by atoms with Crippen LogP contribution >= 0.6 is 11.8 Å². The molecule has 1 N–H and O–H groups in total. The van der Waals surface area contributed by atoms with E-state index in [9.17, 15) is 5.11 Å². The third-order valence-electron chi connectivity index (χ3n) is 3.34. The molecule has 2 aliphatic carbocycles. The van der Waals surface area contributed by atoms with Gasteiger partial charge in [-0.2, -0.15) is 11.8 Å². The molecular weight excluding hydrogens is 180 g/mol. The van der Waals surface area contributed by atoms with Crippen molar-refractivity contribution in [1.29, 1.82) is 0 Å². The molecule has 0 heterocycles. The molecule has 2 heteroatoms. The van der Waals surface area contributed by atoms with Gasteiger partial charge in [-0.1, -0.05) is 25.7 Å². The molecule has 0 radical (unpaired) electrons. The van der Waals surface area contributed by atoms with Crippen LogP contribution in [0.25, 0.3) is 0 Å². The highest BCUT2D eigenvalue weighted by molar-refractivity contribution is 8.00. The van der Waals surface area contributed by atoms with Gasteiger partial charge in [0.1, 0.15) is 0 Å². The second-order valence-corrected chi connectivity index (χ2v) is 5.98. The fraction of sp³-hybridized carbons (Fsp3) is 1.00. The maximum Gasteiger partial charge on any atom is 0.0658 e. The van der Waals surface area contributed by atoms with Gasteiger partial charge in [-0.15, -0.1) is 0 Å². The van der Waals surface area contributed by atoms with E-state index in [2.05, 4.69) is 11.8 Å². The second-order valence-electron chi connectivity index (χ2n) is 4.43. The summed E-state index contributed by atoms with van der Waals surface area (Å²) in [6, 6.07) is 0. The number of hydrogen-bond donors (Lipinski definition) is 1. The zero-order valence-corrected chi connectivity index (χ0v) is 9.06. The molecular formula is C11H20OS. The molecule has 2 saturated carbocycles. The third-order valence-corrected chi connectivity index (χ3v) is 5.09. The third kappa shape index (κ3) is 2.63. The molecule has 0 aliphatic heterocycles. The van der Waals surface area contributed by atoms with Crippen molar-refractivity contribution in [2.75, 3.05) is 0 Å². The maximum atomic E-state index is 9.81. The molecule has 13 heavy (non-hydrogen) atoms. The zero-order valence-electron chi connectivity index (χ0n) is 8.24. The summed E-state index contributed by atoms with van der Waals surface area (Å²) in [7, 11) is 0. The average Bonchev–Trinajstić information content (AvgIpc) is 2.61. The number of aliphatic hydroxyl groups excluding tert-OH is 1. The highest BCUT2D eigenvalue weighted by Gasteiger charge is 2.27. The lowest BCUT2D eigenvalue weighted by atomic mass is 9.97. The molecule has 2 rings (SSSR count). The first-order chi connectivity index (χ1) is 6.36. The lowest BCUT2D eigenvalue weighted by Crippen LogP contribution is -2.28. The fourth-order valence-electron chi connectivity index (χ4n) is 2.51. The van der Waals surface area contributed by atoms with Crippen LogP contribution in [0.5, 0.6) is 0 Å². The van der Waals surface area contributed by atoms with Crippen molar-refractivity contribution >= 4 is 11.8 Å². The Balaban J connectivity index is 1.78. The van der Waals surface area contributed by atoms with E-state index in [1.54, 1.807) is 0 Å². The van der Waals surface area contributed by atoms with Gasteiger partial charge in [0.15, 0.2) is 0 Å². The van der Waals surface area contributed by atoms with Crippen molar-refractivity contribution in [1.82, 2.24) is 0 Å². The van der Waals surface area contributed by atoms with Crippen LogP contribution in [0.2, 0.25) is 0 Å². The molecule has 0 bridgehead atoms. The van der Waals surface area contributed by atoms with Crippen LogP contribution in [0.3, 0.4) is 0 Å². The van der Waals surface area contributed by atoms with Crippen LogP contribution in [0.4, 0.5) is 0 Å². The molecule has 0 aromatic carbocycles. The van der Waals surface area contributed by atoms with E-state index in [0.29, 0.717) is 5.25 Å². The number of aliphatic hydroxyl groups is 1. The van der Waals surface area contributed by atoms with E-state index >= 15 is 0 Å². The lowest BCUT2D eigenvalue weighted by Gasteiger charge is -2.29. The number of rotatable bonds is 2. The monoisotopic (exact) mass is 200 g/mol. The highest BCUT2D eigenvalue weighted by Crippen LogP contribution is 2.37. The lowest BCUT2D eigenvalue weighted by molar-refractivity contribution is 0.136. The summed E-state index contributed by atoms with van der Waals surface area (Å²) in [5.74, 6) is 0. The molecule has 0 amide bonds. The predicted molar refractivity (Wildman–Crippen MR) is 58.1 cm³/mol. The molecule has 2 atom stereocenters. The Morgan fingerprint density at radius 2 is 1.46 bits per heavy atom. The summed E-state index contributed by atoms with van der Waals surface area (Å²) < 4.78 is 0. The van der Waals surface area contributed by atoms with Gasteiger partial charge in [-0.25, -0.2) is 0 Å². The summed E-state index contributed by atoms with van der Waals surface area (Å²) in [4.78, 5) is 0. The standard InChI is InChI=1S/C11H20OS/c12-10-7-3-4-8-11(10)13-9-5-1-2-6-9/h9-12H,1-8H2/t10-,11-/m0/s1. The zero-order chi connectivity index (χ0) is 9.10. The highest BCUT2D eigenvalue weighted by atomic mass is 32.2. The molecule has 76 valence electrons. The van der Waals surface area contributed by atoms with Crippen LogP contribution in [-0.2, 0) is 0 Å². The summed E-state index contributed by atoms with van der Waals surface area (Å²) in [6.45, 7) is 0. The minimum atomic E-state index is -0.000602. The Morgan fingerprint density at radius 3 is 2.15 bits per heavy atom. The molecule has 0 saturated heterocycles. The molecule has 0 spiro atoms. The molecule has 0 aromatic rings. The van der Waals surface area contributed by atoms with Crippen molar-refractivity contribution in [3.63, 3.8) is 0 Å². The van der Waals surface area contributed by atoms with Gasteiger partial charge in [0.05, 0.1) is 6.10 Å². The quantitative estimate of drug-likeness (QED) is 0.739. The van der Waals surface area contributed by atoms with Gasteiger partial charge in [0, 0.05) is 10.5 Å². The van der Waals surface area contributed by atoms with Crippen LogP contribution < -0.4 is 0 Å². The Labute approximate surface area is 85.3 Å². The number of hydrogen-bond acceptors (Lipinski definition) is 2.